The lowest BCUT2D eigenvalue weighted by Gasteiger charge is -2.09. The molecule has 19 heavy (non-hydrogen) atoms. The van der Waals surface area contributed by atoms with E-state index in [1.165, 1.54) is 0 Å². The Bertz CT molecular complexity index is 714. The van der Waals surface area contributed by atoms with E-state index in [1.54, 1.807) is 0 Å². The Morgan fingerprint density at radius 1 is 1.42 bits per heavy atom. The minimum absolute atomic E-state index is 0.110. The number of nitrogens with zero attached hydrogens (tertiary/aromatic N) is 2. The zero-order chi connectivity index (χ0) is 15.0. The molecule has 1 aromatic heterocycles. The van der Waals surface area contributed by atoms with Gasteiger partial charge in [-0.15, -0.1) is 0 Å². The van der Waals surface area contributed by atoms with Crippen LogP contribution in [0, 0.1) is 12.4 Å². The van der Waals surface area contributed by atoms with Gasteiger partial charge in [0.25, 0.3) is 5.82 Å². The van der Waals surface area contributed by atoms with Crippen LogP contribution in [0.3, 0.4) is 0 Å². The van der Waals surface area contributed by atoms with E-state index in [2.05, 4.69) is 9.03 Å². The summed E-state index contributed by atoms with van der Waals surface area (Å²) >= 11 is 0. The minimum Gasteiger partial charge on any atom is -0.368 e. The molecule has 1 rings (SSSR count). The summed E-state index contributed by atoms with van der Waals surface area (Å²) in [5.74, 6) is -3.56. The Hall–Kier alpha value is -2.09. The molecule has 0 aliphatic carbocycles. The van der Waals surface area contributed by atoms with E-state index in [0.29, 0.717) is 4.57 Å². The molecule has 0 saturated carbocycles. The van der Waals surface area contributed by atoms with Crippen molar-refractivity contribution >= 4 is 15.9 Å². The fourth-order valence-electron chi connectivity index (χ4n) is 1.02. The van der Waals surface area contributed by atoms with Gasteiger partial charge in [-0.25, -0.2) is 9.18 Å². The standard InChI is InChI=1S/C8H4F4N2O4S/c1-13-6-4(9)3-5(7(15)14(6)2)18-19(16,17)8(10,11)12/h3H,2H3. The number of aromatic nitrogens is 1. The first-order chi connectivity index (χ1) is 8.51. The van der Waals surface area contributed by atoms with E-state index >= 15 is 0 Å². The van der Waals surface area contributed by atoms with Crippen LogP contribution in [0.1, 0.15) is 0 Å². The monoisotopic (exact) mass is 300 g/mol. The number of halogens is 4. The molecular formula is C8H4F4N2O4S. The molecular weight excluding hydrogens is 296 g/mol. The summed E-state index contributed by atoms with van der Waals surface area (Å²) < 4.78 is 74.5. The molecule has 0 atom stereocenters. The molecule has 0 spiro atoms. The Morgan fingerprint density at radius 3 is 2.37 bits per heavy atom. The SMILES string of the molecule is [C-]#[N+]c1c(F)cc(OS(=O)(=O)C(F)(F)F)c(=O)n1C. The largest absolute Gasteiger partial charge is 0.534 e. The number of pyridine rings is 1. The van der Waals surface area contributed by atoms with Crippen molar-refractivity contribution in [2.75, 3.05) is 0 Å². The smallest absolute Gasteiger partial charge is 0.368 e. The number of rotatable bonds is 2. The number of hydrogen-bond acceptors (Lipinski definition) is 4. The van der Waals surface area contributed by atoms with Crippen LogP contribution in [0.5, 0.6) is 5.75 Å². The predicted molar refractivity (Wildman–Crippen MR) is 53.5 cm³/mol. The van der Waals surface area contributed by atoms with Crippen molar-refractivity contribution in [3.63, 3.8) is 0 Å². The summed E-state index contributed by atoms with van der Waals surface area (Å²) in [5, 5.41) is 0. The van der Waals surface area contributed by atoms with Gasteiger partial charge in [0.2, 0.25) is 5.75 Å². The second-order valence-corrected chi connectivity index (χ2v) is 4.68. The van der Waals surface area contributed by atoms with Crippen molar-refractivity contribution in [3.05, 3.63) is 33.7 Å². The number of alkyl halides is 3. The van der Waals surface area contributed by atoms with Crippen molar-refractivity contribution in [1.29, 1.82) is 0 Å². The zero-order valence-electron chi connectivity index (χ0n) is 9.02. The molecule has 0 bridgehead atoms. The molecule has 0 saturated heterocycles. The van der Waals surface area contributed by atoms with Crippen LogP contribution in [-0.2, 0) is 17.2 Å². The second-order valence-electron chi connectivity index (χ2n) is 3.14. The molecule has 11 heteroatoms. The van der Waals surface area contributed by atoms with Crippen molar-refractivity contribution in [2.45, 2.75) is 5.51 Å². The Kier molecular flexibility index (Phi) is 3.58. The lowest BCUT2D eigenvalue weighted by molar-refractivity contribution is -0.0500. The van der Waals surface area contributed by atoms with Gasteiger partial charge in [0.1, 0.15) is 5.82 Å². The van der Waals surface area contributed by atoms with Gasteiger partial charge in [-0.3, -0.25) is 4.57 Å². The third kappa shape index (κ3) is 2.68. The fraction of sp³-hybridized carbons (Fsp3) is 0.250. The van der Waals surface area contributed by atoms with E-state index in [-0.39, 0.29) is 6.07 Å². The molecule has 0 fully saturated rings. The predicted octanol–water partition coefficient (Wildman–Crippen LogP) is 1.30. The third-order valence-corrected chi connectivity index (χ3v) is 2.86. The zero-order valence-corrected chi connectivity index (χ0v) is 9.84. The van der Waals surface area contributed by atoms with E-state index in [0.717, 1.165) is 7.05 Å². The van der Waals surface area contributed by atoms with Gasteiger partial charge in [0, 0.05) is 6.07 Å². The van der Waals surface area contributed by atoms with E-state index in [1.807, 2.05) is 0 Å². The van der Waals surface area contributed by atoms with Crippen LogP contribution in [0.2, 0.25) is 0 Å². The van der Waals surface area contributed by atoms with Gasteiger partial charge in [0.15, 0.2) is 0 Å². The molecule has 6 nitrogen and oxygen atoms in total. The van der Waals surface area contributed by atoms with E-state index in [4.69, 9.17) is 6.57 Å². The van der Waals surface area contributed by atoms with Crippen LogP contribution in [0.25, 0.3) is 4.85 Å². The van der Waals surface area contributed by atoms with Gasteiger partial charge >= 0.3 is 21.2 Å². The Labute approximate surface area is 103 Å². The highest BCUT2D eigenvalue weighted by Crippen LogP contribution is 2.27. The summed E-state index contributed by atoms with van der Waals surface area (Å²) in [6, 6.07) is 0.110. The molecule has 1 heterocycles. The van der Waals surface area contributed by atoms with Crippen molar-refractivity contribution in [3.8, 4) is 5.75 Å². The maximum Gasteiger partial charge on any atom is 0.534 e. The first-order valence-electron chi connectivity index (χ1n) is 4.29. The van der Waals surface area contributed by atoms with Crippen LogP contribution in [0.15, 0.2) is 10.9 Å². The highest BCUT2D eigenvalue weighted by Gasteiger charge is 2.49. The molecule has 0 amide bonds. The molecule has 1 aromatic rings. The highest BCUT2D eigenvalue weighted by molar-refractivity contribution is 7.87. The lowest BCUT2D eigenvalue weighted by atomic mass is 10.4. The van der Waals surface area contributed by atoms with Crippen LogP contribution in [-0.4, -0.2) is 18.5 Å². The van der Waals surface area contributed by atoms with Gasteiger partial charge < -0.3 is 9.03 Å². The number of hydrogen-bond donors (Lipinski definition) is 0. The summed E-state index contributed by atoms with van der Waals surface area (Å²) in [7, 11) is -5.20. The second kappa shape index (κ2) is 4.54. The van der Waals surface area contributed by atoms with Crippen molar-refractivity contribution < 1.29 is 30.2 Å². The van der Waals surface area contributed by atoms with Crippen molar-refractivity contribution in [2.24, 2.45) is 7.05 Å². The first-order valence-corrected chi connectivity index (χ1v) is 5.70. The van der Waals surface area contributed by atoms with Gasteiger partial charge in [-0.1, -0.05) is 6.57 Å². The highest BCUT2D eigenvalue weighted by atomic mass is 32.2. The van der Waals surface area contributed by atoms with Crippen LogP contribution in [0.4, 0.5) is 23.4 Å². The molecule has 0 aliphatic rings. The topological polar surface area (TPSA) is 69.7 Å². The summed E-state index contributed by atoms with van der Waals surface area (Å²) in [6.45, 7) is 6.56. The van der Waals surface area contributed by atoms with Gasteiger partial charge in [0.05, 0.1) is 7.05 Å². The average Bonchev–Trinajstić information content (AvgIpc) is 2.24. The average molecular weight is 300 g/mol. The normalized spacial score (nSPS) is 12.0. The molecule has 0 aromatic carbocycles. The maximum absolute atomic E-state index is 13.2. The molecule has 0 aliphatic heterocycles. The fourth-order valence-corrected chi connectivity index (χ4v) is 1.47. The van der Waals surface area contributed by atoms with Crippen molar-refractivity contribution in [1.82, 2.24) is 4.57 Å². The molecule has 0 unspecified atom stereocenters. The summed E-state index contributed by atoms with van der Waals surface area (Å²) in [5.41, 5.74) is -7.15. The summed E-state index contributed by atoms with van der Waals surface area (Å²) in [6.07, 6.45) is 0. The Balaban J connectivity index is 3.43. The lowest BCUT2D eigenvalue weighted by Crippen LogP contribution is -2.31. The first kappa shape index (κ1) is 15.0. The van der Waals surface area contributed by atoms with Gasteiger partial charge in [-0.2, -0.15) is 21.6 Å². The molecule has 104 valence electrons. The quantitative estimate of drug-likeness (QED) is 0.357. The minimum atomic E-state index is -6.08. The van der Waals surface area contributed by atoms with Crippen LogP contribution >= 0.6 is 0 Å². The molecule has 0 N–H and O–H groups in total. The molecule has 0 radical (unpaired) electrons. The Morgan fingerprint density at radius 2 is 1.95 bits per heavy atom. The van der Waals surface area contributed by atoms with Crippen LogP contribution < -0.4 is 9.74 Å². The van der Waals surface area contributed by atoms with E-state index in [9.17, 15) is 30.8 Å². The summed E-state index contributed by atoms with van der Waals surface area (Å²) in [4.78, 5) is 14.0. The third-order valence-electron chi connectivity index (χ3n) is 1.89. The maximum atomic E-state index is 13.2. The van der Waals surface area contributed by atoms with E-state index < -0.39 is 38.6 Å². The van der Waals surface area contributed by atoms with Gasteiger partial charge in [-0.05, 0) is 0 Å².